The highest BCUT2D eigenvalue weighted by Crippen LogP contribution is 2.34. The number of benzene rings is 2. The number of nitrogens with zero attached hydrogens (tertiary/aromatic N) is 3. The number of nitro benzene ring substituents is 1. The summed E-state index contributed by atoms with van der Waals surface area (Å²) in [6, 6.07) is 10.3. The Morgan fingerprint density at radius 3 is 2.29 bits per heavy atom. The number of amides is 1. The number of rotatable bonds is 8. The summed E-state index contributed by atoms with van der Waals surface area (Å²) < 4.78 is 10.3. The molecule has 1 heterocycles. The minimum atomic E-state index is -0.604. The summed E-state index contributed by atoms with van der Waals surface area (Å²) in [5, 5.41) is 14.9. The molecule has 1 N–H and O–H groups in total. The largest absolute Gasteiger partial charge is 0.493 e. The van der Waals surface area contributed by atoms with Gasteiger partial charge in [-0.25, -0.2) is 0 Å². The van der Waals surface area contributed by atoms with Gasteiger partial charge in [0.2, 0.25) is 0 Å². The second-order valence-corrected chi connectivity index (χ2v) is 7.48. The fourth-order valence-electron chi connectivity index (χ4n) is 3.51. The molecule has 1 fully saturated rings. The minimum absolute atomic E-state index is 0.0600. The molecule has 31 heavy (non-hydrogen) atoms. The molecule has 0 atom stereocenters. The average Bonchev–Trinajstić information content (AvgIpc) is 2.79. The SMILES string of the molecule is COc1cc(C(=O)NCCN2CCN(c3ccc(Cl)cc3)CC2)c([N+](=O)[O-])cc1OC. The molecule has 9 nitrogen and oxygen atoms in total. The van der Waals surface area contributed by atoms with Crippen LogP contribution < -0.4 is 19.7 Å². The fourth-order valence-corrected chi connectivity index (χ4v) is 3.63. The number of piperazine rings is 1. The van der Waals surface area contributed by atoms with E-state index >= 15 is 0 Å². The summed E-state index contributed by atoms with van der Waals surface area (Å²) in [6.07, 6.45) is 0. The molecule has 2 aromatic rings. The van der Waals surface area contributed by atoms with E-state index in [4.69, 9.17) is 21.1 Å². The van der Waals surface area contributed by atoms with Crippen LogP contribution in [0.25, 0.3) is 0 Å². The topological polar surface area (TPSA) is 97.2 Å². The van der Waals surface area contributed by atoms with Gasteiger partial charge in [-0.2, -0.15) is 0 Å². The van der Waals surface area contributed by atoms with Crippen molar-refractivity contribution in [2.45, 2.75) is 0 Å². The van der Waals surface area contributed by atoms with E-state index in [1.165, 1.54) is 26.4 Å². The first kappa shape index (κ1) is 22.6. The van der Waals surface area contributed by atoms with Gasteiger partial charge in [0, 0.05) is 56.0 Å². The highest BCUT2D eigenvalue weighted by Gasteiger charge is 2.25. The predicted molar refractivity (Wildman–Crippen MR) is 119 cm³/mol. The average molecular weight is 449 g/mol. The number of carbonyl (C=O) groups is 1. The third-order valence-corrected chi connectivity index (χ3v) is 5.47. The fraction of sp³-hybridized carbons (Fsp3) is 0.381. The first-order valence-electron chi connectivity index (χ1n) is 9.84. The Kier molecular flexibility index (Phi) is 7.54. The van der Waals surface area contributed by atoms with Gasteiger partial charge < -0.3 is 19.7 Å². The Morgan fingerprint density at radius 1 is 1.10 bits per heavy atom. The van der Waals surface area contributed by atoms with Crippen molar-refractivity contribution in [2.24, 2.45) is 0 Å². The third kappa shape index (κ3) is 5.56. The highest BCUT2D eigenvalue weighted by atomic mass is 35.5. The Morgan fingerprint density at radius 2 is 1.71 bits per heavy atom. The maximum absolute atomic E-state index is 12.6. The van der Waals surface area contributed by atoms with Crippen LogP contribution in [-0.4, -0.2) is 69.2 Å². The Hall–Kier alpha value is -3.04. The molecule has 0 unspecified atom stereocenters. The van der Waals surface area contributed by atoms with Crippen LogP contribution in [0.4, 0.5) is 11.4 Å². The Balaban J connectivity index is 1.54. The third-order valence-electron chi connectivity index (χ3n) is 5.22. The highest BCUT2D eigenvalue weighted by molar-refractivity contribution is 6.30. The molecule has 1 saturated heterocycles. The number of nitro groups is 1. The van der Waals surface area contributed by atoms with E-state index in [1.807, 2.05) is 24.3 Å². The van der Waals surface area contributed by atoms with Crippen LogP contribution in [0.5, 0.6) is 11.5 Å². The zero-order chi connectivity index (χ0) is 22.4. The molecule has 0 spiro atoms. The van der Waals surface area contributed by atoms with Crippen molar-refractivity contribution in [3.8, 4) is 11.5 Å². The van der Waals surface area contributed by atoms with Gasteiger partial charge in [0.1, 0.15) is 5.56 Å². The summed E-state index contributed by atoms with van der Waals surface area (Å²) in [6.45, 7) is 4.49. The van der Waals surface area contributed by atoms with Gasteiger partial charge in [-0.1, -0.05) is 11.6 Å². The lowest BCUT2D eigenvalue weighted by molar-refractivity contribution is -0.385. The lowest BCUT2D eigenvalue weighted by Gasteiger charge is -2.36. The van der Waals surface area contributed by atoms with Crippen molar-refractivity contribution in [2.75, 3.05) is 58.4 Å². The first-order valence-corrected chi connectivity index (χ1v) is 10.2. The van der Waals surface area contributed by atoms with Crippen LogP contribution in [0, 0.1) is 10.1 Å². The number of hydrogen-bond donors (Lipinski definition) is 1. The molecular weight excluding hydrogens is 424 g/mol. The van der Waals surface area contributed by atoms with Gasteiger partial charge in [-0.15, -0.1) is 0 Å². The lowest BCUT2D eigenvalue weighted by atomic mass is 10.1. The number of halogens is 1. The van der Waals surface area contributed by atoms with Crippen molar-refractivity contribution < 1.29 is 19.2 Å². The minimum Gasteiger partial charge on any atom is -0.493 e. The first-order chi connectivity index (χ1) is 14.9. The quantitative estimate of drug-likeness (QED) is 0.489. The van der Waals surface area contributed by atoms with Crippen molar-refractivity contribution in [1.82, 2.24) is 10.2 Å². The maximum atomic E-state index is 12.6. The van der Waals surface area contributed by atoms with Gasteiger partial charge >= 0.3 is 0 Å². The summed E-state index contributed by atoms with van der Waals surface area (Å²) in [7, 11) is 2.79. The van der Waals surface area contributed by atoms with Crippen LogP contribution in [0.2, 0.25) is 5.02 Å². The van der Waals surface area contributed by atoms with E-state index in [9.17, 15) is 14.9 Å². The molecule has 10 heteroatoms. The summed E-state index contributed by atoms with van der Waals surface area (Å²) in [5.74, 6) is -0.0617. The summed E-state index contributed by atoms with van der Waals surface area (Å²) >= 11 is 5.95. The Labute approximate surface area is 185 Å². The number of methoxy groups -OCH3 is 2. The molecule has 0 radical (unpaired) electrons. The molecule has 1 aliphatic rings. The van der Waals surface area contributed by atoms with Crippen LogP contribution >= 0.6 is 11.6 Å². The molecule has 3 rings (SSSR count). The van der Waals surface area contributed by atoms with Crippen LogP contribution in [0.1, 0.15) is 10.4 Å². The predicted octanol–water partition coefficient (Wildman–Crippen LogP) is 2.82. The van der Waals surface area contributed by atoms with Gasteiger partial charge in [-0.3, -0.25) is 19.8 Å². The van der Waals surface area contributed by atoms with Crippen molar-refractivity contribution in [1.29, 1.82) is 0 Å². The lowest BCUT2D eigenvalue weighted by Crippen LogP contribution is -2.48. The van der Waals surface area contributed by atoms with Crippen molar-refractivity contribution in [3.63, 3.8) is 0 Å². The molecule has 2 aromatic carbocycles. The number of hydrogen-bond acceptors (Lipinski definition) is 7. The zero-order valence-corrected chi connectivity index (χ0v) is 18.2. The van der Waals surface area contributed by atoms with Gasteiger partial charge in [-0.05, 0) is 24.3 Å². The van der Waals surface area contributed by atoms with Crippen LogP contribution in [-0.2, 0) is 0 Å². The van der Waals surface area contributed by atoms with E-state index in [0.717, 1.165) is 31.9 Å². The molecule has 1 aliphatic heterocycles. The Bertz CT molecular complexity index is 930. The van der Waals surface area contributed by atoms with E-state index in [-0.39, 0.29) is 22.7 Å². The summed E-state index contributed by atoms with van der Waals surface area (Å²) in [4.78, 5) is 27.9. The molecular formula is C21H25ClN4O5. The number of carbonyl (C=O) groups excluding carboxylic acids is 1. The van der Waals surface area contributed by atoms with Crippen molar-refractivity contribution >= 4 is 28.9 Å². The molecule has 0 aromatic heterocycles. The monoisotopic (exact) mass is 448 g/mol. The molecule has 0 saturated carbocycles. The standard InChI is InChI=1S/C21H25ClN4O5/c1-30-19-13-17(18(26(28)29)14-20(19)31-2)21(27)23-7-8-24-9-11-25(12-10-24)16-5-3-15(22)4-6-16/h3-6,13-14H,7-12H2,1-2H3,(H,23,27). The maximum Gasteiger partial charge on any atom is 0.286 e. The molecule has 0 bridgehead atoms. The number of ether oxygens (including phenoxy) is 2. The van der Waals surface area contributed by atoms with Crippen LogP contribution in [0.15, 0.2) is 36.4 Å². The second-order valence-electron chi connectivity index (χ2n) is 7.04. The summed E-state index contributed by atoms with van der Waals surface area (Å²) in [5.41, 5.74) is 0.750. The van der Waals surface area contributed by atoms with E-state index in [1.54, 1.807) is 0 Å². The molecule has 1 amide bonds. The zero-order valence-electron chi connectivity index (χ0n) is 17.5. The number of anilines is 1. The van der Waals surface area contributed by atoms with E-state index in [2.05, 4.69) is 15.1 Å². The van der Waals surface area contributed by atoms with Gasteiger partial charge in [0.25, 0.3) is 11.6 Å². The normalized spacial score (nSPS) is 14.2. The molecule has 166 valence electrons. The van der Waals surface area contributed by atoms with E-state index in [0.29, 0.717) is 18.1 Å². The smallest absolute Gasteiger partial charge is 0.286 e. The van der Waals surface area contributed by atoms with E-state index < -0.39 is 10.8 Å². The number of nitrogens with one attached hydrogen (secondary N) is 1. The van der Waals surface area contributed by atoms with Gasteiger partial charge in [0.05, 0.1) is 25.2 Å². The van der Waals surface area contributed by atoms with Gasteiger partial charge in [0.15, 0.2) is 11.5 Å². The molecule has 0 aliphatic carbocycles. The second kappa shape index (κ2) is 10.3. The van der Waals surface area contributed by atoms with Crippen LogP contribution in [0.3, 0.4) is 0 Å². The van der Waals surface area contributed by atoms with Crippen molar-refractivity contribution in [3.05, 3.63) is 57.1 Å².